The van der Waals surface area contributed by atoms with Crippen LogP contribution in [0.2, 0.25) is 0 Å². The molecule has 88 valence electrons. The van der Waals surface area contributed by atoms with Gasteiger partial charge in [0, 0.05) is 26.1 Å². The van der Waals surface area contributed by atoms with Crippen LogP contribution < -0.4 is 5.73 Å². The van der Waals surface area contributed by atoms with Gasteiger partial charge >= 0.3 is 0 Å². The molecule has 1 aliphatic rings. The fourth-order valence-corrected chi connectivity index (χ4v) is 1.82. The number of oxime groups is 1. The van der Waals surface area contributed by atoms with Crippen LogP contribution in [0, 0.1) is 0 Å². The quantitative estimate of drug-likeness (QED) is 0.312. The van der Waals surface area contributed by atoms with E-state index in [1.165, 1.54) is 0 Å². The van der Waals surface area contributed by atoms with Crippen molar-refractivity contribution in [3.63, 3.8) is 0 Å². The average molecular weight is 215 g/mol. The molecular formula is C10H21N3O2. The van der Waals surface area contributed by atoms with Gasteiger partial charge in [-0.1, -0.05) is 5.16 Å². The second kappa shape index (κ2) is 6.63. The summed E-state index contributed by atoms with van der Waals surface area (Å²) in [5.74, 6) is 0.314. The SMILES string of the molecule is CC1CN(CCCC(N)=NO)CCCO1. The lowest BCUT2D eigenvalue weighted by molar-refractivity contribution is 0.0677. The van der Waals surface area contributed by atoms with Gasteiger partial charge in [-0.25, -0.2) is 0 Å². The first-order valence-corrected chi connectivity index (χ1v) is 5.52. The van der Waals surface area contributed by atoms with Crippen molar-refractivity contribution >= 4 is 5.84 Å². The Labute approximate surface area is 90.9 Å². The molecule has 0 bridgehead atoms. The number of hydrogen-bond donors (Lipinski definition) is 2. The Morgan fingerprint density at radius 3 is 3.20 bits per heavy atom. The highest BCUT2D eigenvalue weighted by atomic mass is 16.5. The van der Waals surface area contributed by atoms with Gasteiger partial charge in [0.15, 0.2) is 0 Å². The van der Waals surface area contributed by atoms with E-state index in [4.69, 9.17) is 15.7 Å². The minimum absolute atomic E-state index is 0.314. The lowest BCUT2D eigenvalue weighted by atomic mass is 10.2. The normalized spacial score (nSPS) is 25.1. The molecule has 1 saturated heterocycles. The molecule has 1 rings (SSSR count). The van der Waals surface area contributed by atoms with Crippen molar-refractivity contribution in [2.24, 2.45) is 10.9 Å². The second-order valence-corrected chi connectivity index (χ2v) is 4.03. The predicted molar refractivity (Wildman–Crippen MR) is 59.1 cm³/mol. The van der Waals surface area contributed by atoms with Crippen LogP contribution in [0.1, 0.15) is 26.2 Å². The van der Waals surface area contributed by atoms with Gasteiger partial charge in [-0.3, -0.25) is 0 Å². The Morgan fingerprint density at radius 2 is 2.47 bits per heavy atom. The molecule has 0 aromatic carbocycles. The number of nitrogens with zero attached hydrogens (tertiary/aromatic N) is 2. The molecule has 1 atom stereocenters. The molecular weight excluding hydrogens is 194 g/mol. The summed E-state index contributed by atoms with van der Waals surface area (Å²) in [4.78, 5) is 2.38. The van der Waals surface area contributed by atoms with Crippen molar-refractivity contribution < 1.29 is 9.94 Å². The Morgan fingerprint density at radius 1 is 1.67 bits per heavy atom. The number of amidine groups is 1. The van der Waals surface area contributed by atoms with E-state index in [2.05, 4.69) is 17.0 Å². The van der Waals surface area contributed by atoms with E-state index in [0.29, 0.717) is 18.4 Å². The van der Waals surface area contributed by atoms with E-state index in [1.807, 2.05) is 0 Å². The third-order valence-electron chi connectivity index (χ3n) is 2.57. The van der Waals surface area contributed by atoms with Crippen LogP contribution in [0.4, 0.5) is 0 Å². The van der Waals surface area contributed by atoms with Gasteiger partial charge in [-0.2, -0.15) is 0 Å². The van der Waals surface area contributed by atoms with Gasteiger partial charge in [0.05, 0.1) is 6.10 Å². The summed E-state index contributed by atoms with van der Waals surface area (Å²) in [6.45, 7) is 6.01. The van der Waals surface area contributed by atoms with Crippen LogP contribution in [-0.2, 0) is 4.74 Å². The largest absolute Gasteiger partial charge is 0.409 e. The van der Waals surface area contributed by atoms with E-state index in [-0.39, 0.29) is 0 Å². The summed E-state index contributed by atoms with van der Waals surface area (Å²) in [7, 11) is 0. The molecule has 0 aromatic rings. The third-order valence-corrected chi connectivity index (χ3v) is 2.57. The van der Waals surface area contributed by atoms with E-state index in [1.54, 1.807) is 0 Å². The van der Waals surface area contributed by atoms with Crippen LogP contribution in [0.25, 0.3) is 0 Å². The number of nitrogens with two attached hydrogens (primary N) is 1. The van der Waals surface area contributed by atoms with Crippen LogP contribution in [0.15, 0.2) is 5.16 Å². The maximum Gasteiger partial charge on any atom is 0.139 e. The Balaban J connectivity index is 2.19. The smallest absolute Gasteiger partial charge is 0.139 e. The molecule has 1 unspecified atom stereocenters. The van der Waals surface area contributed by atoms with Gasteiger partial charge in [-0.05, 0) is 26.3 Å². The number of hydrogen-bond acceptors (Lipinski definition) is 4. The lowest BCUT2D eigenvalue weighted by Gasteiger charge is -2.21. The fraction of sp³-hybridized carbons (Fsp3) is 0.900. The molecule has 1 heterocycles. The van der Waals surface area contributed by atoms with Gasteiger partial charge in [0.25, 0.3) is 0 Å². The molecule has 0 aromatic heterocycles. The van der Waals surface area contributed by atoms with E-state index in [9.17, 15) is 0 Å². The van der Waals surface area contributed by atoms with Gasteiger partial charge in [0.2, 0.25) is 0 Å². The summed E-state index contributed by atoms with van der Waals surface area (Å²) in [6, 6.07) is 0. The highest BCUT2D eigenvalue weighted by molar-refractivity contribution is 5.79. The van der Waals surface area contributed by atoms with Crippen molar-refractivity contribution in [1.82, 2.24) is 4.90 Å². The highest BCUT2D eigenvalue weighted by Crippen LogP contribution is 2.06. The summed E-state index contributed by atoms with van der Waals surface area (Å²) in [5.41, 5.74) is 5.40. The molecule has 0 radical (unpaired) electrons. The maximum atomic E-state index is 8.39. The fourth-order valence-electron chi connectivity index (χ4n) is 1.82. The average Bonchev–Trinajstić information content (AvgIpc) is 2.42. The molecule has 15 heavy (non-hydrogen) atoms. The first kappa shape index (κ1) is 12.3. The summed E-state index contributed by atoms with van der Waals surface area (Å²) in [5, 5.41) is 11.3. The van der Waals surface area contributed by atoms with Crippen LogP contribution in [0.5, 0.6) is 0 Å². The summed E-state index contributed by atoms with van der Waals surface area (Å²) in [6.07, 6.45) is 3.00. The van der Waals surface area contributed by atoms with Crippen molar-refractivity contribution in [2.45, 2.75) is 32.3 Å². The molecule has 5 nitrogen and oxygen atoms in total. The van der Waals surface area contributed by atoms with Crippen molar-refractivity contribution in [3.05, 3.63) is 0 Å². The summed E-state index contributed by atoms with van der Waals surface area (Å²) >= 11 is 0. The minimum atomic E-state index is 0.314. The molecule has 0 amide bonds. The van der Waals surface area contributed by atoms with E-state index < -0.39 is 0 Å². The second-order valence-electron chi connectivity index (χ2n) is 4.03. The first-order valence-electron chi connectivity index (χ1n) is 5.52. The molecule has 3 N–H and O–H groups in total. The molecule has 0 saturated carbocycles. The van der Waals surface area contributed by atoms with Gasteiger partial charge < -0.3 is 20.6 Å². The lowest BCUT2D eigenvalue weighted by Crippen LogP contribution is -2.31. The van der Waals surface area contributed by atoms with Crippen LogP contribution in [-0.4, -0.2) is 48.3 Å². The first-order chi connectivity index (χ1) is 7.22. The van der Waals surface area contributed by atoms with Crippen LogP contribution in [0.3, 0.4) is 0 Å². The monoisotopic (exact) mass is 215 g/mol. The third kappa shape index (κ3) is 4.99. The maximum absolute atomic E-state index is 8.39. The number of ether oxygens (including phenoxy) is 1. The van der Waals surface area contributed by atoms with E-state index in [0.717, 1.165) is 39.1 Å². The van der Waals surface area contributed by atoms with Crippen molar-refractivity contribution in [3.8, 4) is 0 Å². The Bertz CT molecular complexity index is 209. The zero-order valence-corrected chi connectivity index (χ0v) is 9.35. The Hall–Kier alpha value is -0.810. The van der Waals surface area contributed by atoms with Crippen LogP contribution >= 0.6 is 0 Å². The van der Waals surface area contributed by atoms with Crippen molar-refractivity contribution in [2.75, 3.05) is 26.2 Å². The predicted octanol–water partition coefficient (Wildman–Crippen LogP) is 0.624. The van der Waals surface area contributed by atoms with E-state index >= 15 is 0 Å². The summed E-state index contributed by atoms with van der Waals surface area (Å²) < 4.78 is 5.55. The molecule has 1 fully saturated rings. The zero-order chi connectivity index (χ0) is 11.1. The molecule has 0 aliphatic carbocycles. The molecule has 5 heteroatoms. The van der Waals surface area contributed by atoms with Crippen molar-refractivity contribution in [1.29, 1.82) is 0 Å². The topological polar surface area (TPSA) is 71.1 Å². The Kier molecular flexibility index (Phi) is 5.42. The standard InChI is InChI=1S/C10H21N3O2/c1-9-8-13(6-3-7-15-9)5-2-4-10(11)12-14/h9,14H,2-8H2,1H3,(H2,11,12). The number of rotatable bonds is 4. The minimum Gasteiger partial charge on any atom is -0.409 e. The van der Waals surface area contributed by atoms with Gasteiger partial charge in [0.1, 0.15) is 5.84 Å². The molecule has 0 spiro atoms. The molecule has 1 aliphatic heterocycles. The van der Waals surface area contributed by atoms with Gasteiger partial charge in [-0.15, -0.1) is 0 Å². The highest BCUT2D eigenvalue weighted by Gasteiger charge is 2.14. The zero-order valence-electron chi connectivity index (χ0n) is 9.35.